The van der Waals surface area contributed by atoms with E-state index in [4.69, 9.17) is 16.5 Å². The lowest BCUT2D eigenvalue weighted by atomic mass is 10.1. The molecule has 0 aliphatic heterocycles. The highest BCUT2D eigenvalue weighted by Crippen LogP contribution is 2.21. The fourth-order valence-corrected chi connectivity index (χ4v) is 1.94. The SMILES string of the molecule is Cc1cccc(N(N)C(=O)N(C)N)c1/C=N\Oc1ccccc1. The molecular weight excluding hydrogens is 294 g/mol. The summed E-state index contributed by atoms with van der Waals surface area (Å²) >= 11 is 0. The quantitative estimate of drug-likeness (QED) is 0.390. The highest BCUT2D eigenvalue weighted by molar-refractivity contribution is 5.98. The minimum Gasteiger partial charge on any atom is -0.357 e. The van der Waals surface area contributed by atoms with E-state index in [0.29, 0.717) is 17.0 Å². The van der Waals surface area contributed by atoms with E-state index in [2.05, 4.69) is 5.16 Å². The molecule has 2 rings (SSSR count). The van der Waals surface area contributed by atoms with Crippen LogP contribution in [0.15, 0.2) is 53.7 Å². The number of carbonyl (C=O) groups excluding carboxylic acids is 1. The lowest BCUT2D eigenvalue weighted by molar-refractivity contribution is 0.216. The number of aryl methyl sites for hydroxylation is 1. The average Bonchev–Trinajstić information content (AvgIpc) is 2.55. The molecule has 0 aliphatic carbocycles. The van der Waals surface area contributed by atoms with Crippen LogP contribution in [0.3, 0.4) is 0 Å². The summed E-state index contributed by atoms with van der Waals surface area (Å²) in [6, 6.07) is 14.0. The summed E-state index contributed by atoms with van der Waals surface area (Å²) in [4.78, 5) is 17.2. The summed E-state index contributed by atoms with van der Waals surface area (Å²) in [5.41, 5.74) is 2.04. The Balaban J connectivity index is 2.26. The van der Waals surface area contributed by atoms with E-state index in [1.807, 2.05) is 31.2 Å². The van der Waals surface area contributed by atoms with Crippen LogP contribution in [0.5, 0.6) is 5.75 Å². The third kappa shape index (κ3) is 4.06. The molecule has 0 unspecified atom stereocenters. The number of nitrogens with two attached hydrogens (primary N) is 2. The minimum atomic E-state index is -0.547. The maximum atomic E-state index is 11.9. The van der Waals surface area contributed by atoms with Gasteiger partial charge in [0.1, 0.15) is 0 Å². The van der Waals surface area contributed by atoms with Crippen molar-refractivity contribution in [2.75, 3.05) is 12.1 Å². The molecule has 23 heavy (non-hydrogen) atoms. The second-order valence-corrected chi connectivity index (χ2v) is 4.91. The monoisotopic (exact) mass is 313 g/mol. The average molecular weight is 313 g/mol. The molecule has 0 aromatic heterocycles. The van der Waals surface area contributed by atoms with Gasteiger partial charge < -0.3 is 4.84 Å². The summed E-state index contributed by atoms with van der Waals surface area (Å²) < 4.78 is 0. The number of carbonyl (C=O) groups is 1. The van der Waals surface area contributed by atoms with Gasteiger partial charge in [-0.25, -0.2) is 21.5 Å². The first-order chi connectivity index (χ1) is 11.0. The molecule has 2 aromatic carbocycles. The molecule has 0 radical (unpaired) electrons. The first kappa shape index (κ1) is 16.5. The molecule has 0 atom stereocenters. The van der Waals surface area contributed by atoms with Crippen molar-refractivity contribution in [1.82, 2.24) is 5.01 Å². The van der Waals surface area contributed by atoms with E-state index in [1.54, 1.807) is 24.3 Å². The predicted molar refractivity (Wildman–Crippen MR) is 89.9 cm³/mol. The number of para-hydroxylation sites is 1. The predicted octanol–water partition coefficient (Wildman–Crippen LogP) is 2.01. The molecule has 4 N–H and O–H groups in total. The van der Waals surface area contributed by atoms with Gasteiger partial charge in [-0.1, -0.05) is 35.5 Å². The van der Waals surface area contributed by atoms with Gasteiger partial charge in [0.05, 0.1) is 11.9 Å². The number of urea groups is 1. The number of anilines is 1. The molecule has 0 fully saturated rings. The van der Waals surface area contributed by atoms with Gasteiger partial charge in [-0.15, -0.1) is 0 Å². The van der Waals surface area contributed by atoms with E-state index >= 15 is 0 Å². The Kier molecular flexibility index (Phi) is 5.29. The highest BCUT2D eigenvalue weighted by Gasteiger charge is 2.17. The van der Waals surface area contributed by atoms with Crippen molar-refractivity contribution < 1.29 is 9.63 Å². The zero-order valence-corrected chi connectivity index (χ0v) is 13.0. The number of nitrogens with zero attached hydrogens (tertiary/aromatic N) is 3. The van der Waals surface area contributed by atoms with Crippen molar-refractivity contribution in [3.8, 4) is 5.75 Å². The number of hydrogen-bond donors (Lipinski definition) is 2. The van der Waals surface area contributed by atoms with E-state index in [9.17, 15) is 4.79 Å². The van der Waals surface area contributed by atoms with Crippen LogP contribution < -0.4 is 21.5 Å². The fourth-order valence-electron chi connectivity index (χ4n) is 1.94. The molecule has 0 aliphatic rings. The Morgan fingerprint density at radius 1 is 1.13 bits per heavy atom. The van der Waals surface area contributed by atoms with Crippen LogP contribution in [-0.4, -0.2) is 24.3 Å². The van der Waals surface area contributed by atoms with E-state index in [-0.39, 0.29) is 0 Å². The van der Waals surface area contributed by atoms with E-state index < -0.39 is 6.03 Å². The smallest absolute Gasteiger partial charge is 0.352 e. The number of benzene rings is 2. The molecule has 2 amide bonds. The number of rotatable bonds is 4. The largest absolute Gasteiger partial charge is 0.357 e. The first-order valence-electron chi connectivity index (χ1n) is 6.93. The fraction of sp³-hybridized carbons (Fsp3) is 0.125. The van der Waals surface area contributed by atoms with Gasteiger partial charge in [0.25, 0.3) is 0 Å². The Bertz CT molecular complexity index is 701. The first-order valence-corrected chi connectivity index (χ1v) is 6.93. The van der Waals surface area contributed by atoms with Crippen molar-refractivity contribution in [1.29, 1.82) is 0 Å². The zero-order chi connectivity index (χ0) is 16.8. The molecule has 0 bridgehead atoms. The second-order valence-electron chi connectivity index (χ2n) is 4.91. The third-order valence-corrected chi connectivity index (χ3v) is 3.15. The lowest BCUT2D eigenvalue weighted by Gasteiger charge is -2.22. The van der Waals surface area contributed by atoms with Crippen LogP contribution in [0, 0.1) is 6.92 Å². The number of oxime groups is 1. The van der Waals surface area contributed by atoms with Crippen molar-refractivity contribution in [2.24, 2.45) is 16.8 Å². The molecular formula is C16H19N5O2. The maximum Gasteiger partial charge on any atom is 0.352 e. The Morgan fingerprint density at radius 2 is 1.83 bits per heavy atom. The zero-order valence-electron chi connectivity index (χ0n) is 13.0. The van der Waals surface area contributed by atoms with Crippen LogP contribution in [-0.2, 0) is 0 Å². The van der Waals surface area contributed by atoms with Crippen molar-refractivity contribution in [3.63, 3.8) is 0 Å². The van der Waals surface area contributed by atoms with Crippen molar-refractivity contribution >= 4 is 17.9 Å². The van der Waals surface area contributed by atoms with E-state index in [0.717, 1.165) is 15.6 Å². The molecule has 0 heterocycles. The van der Waals surface area contributed by atoms with Gasteiger partial charge >= 0.3 is 6.03 Å². The standard InChI is InChI=1S/C16H19N5O2/c1-12-7-6-10-15(21(18)16(22)20(2)17)14(12)11-19-23-13-8-4-3-5-9-13/h3-11H,17-18H2,1-2H3/b19-11-. The molecule has 0 spiro atoms. The van der Waals surface area contributed by atoms with Gasteiger partial charge in [0.2, 0.25) is 0 Å². The topological polar surface area (TPSA) is 97.2 Å². The van der Waals surface area contributed by atoms with Crippen LogP contribution >= 0.6 is 0 Å². The van der Waals surface area contributed by atoms with Crippen LogP contribution in [0.2, 0.25) is 0 Å². The van der Waals surface area contributed by atoms with Crippen LogP contribution in [0.4, 0.5) is 10.5 Å². The van der Waals surface area contributed by atoms with Gasteiger partial charge in [0.15, 0.2) is 5.75 Å². The minimum absolute atomic E-state index is 0.479. The second kappa shape index (κ2) is 7.39. The summed E-state index contributed by atoms with van der Waals surface area (Å²) in [7, 11) is 1.42. The number of amides is 2. The van der Waals surface area contributed by atoms with Gasteiger partial charge in [0, 0.05) is 12.6 Å². The van der Waals surface area contributed by atoms with E-state index in [1.165, 1.54) is 13.3 Å². The third-order valence-electron chi connectivity index (χ3n) is 3.15. The van der Waals surface area contributed by atoms with Crippen molar-refractivity contribution in [3.05, 3.63) is 59.7 Å². The molecule has 7 nitrogen and oxygen atoms in total. The molecule has 0 saturated heterocycles. The van der Waals surface area contributed by atoms with Crippen molar-refractivity contribution in [2.45, 2.75) is 6.92 Å². The maximum absolute atomic E-state index is 11.9. The normalized spacial score (nSPS) is 10.6. The summed E-state index contributed by atoms with van der Waals surface area (Å²) in [6.45, 7) is 1.89. The summed E-state index contributed by atoms with van der Waals surface area (Å²) in [5.74, 6) is 11.9. The molecule has 2 aromatic rings. The summed E-state index contributed by atoms with van der Waals surface area (Å²) in [5, 5.41) is 5.83. The van der Waals surface area contributed by atoms with Crippen LogP contribution in [0.25, 0.3) is 0 Å². The van der Waals surface area contributed by atoms with Crippen LogP contribution in [0.1, 0.15) is 11.1 Å². The molecule has 7 heteroatoms. The summed E-state index contributed by atoms with van der Waals surface area (Å²) in [6.07, 6.45) is 1.52. The van der Waals surface area contributed by atoms with Gasteiger partial charge in [-0.05, 0) is 30.7 Å². The van der Waals surface area contributed by atoms with Gasteiger partial charge in [-0.2, -0.15) is 0 Å². The Morgan fingerprint density at radius 3 is 2.48 bits per heavy atom. The Labute approximate surface area is 134 Å². The lowest BCUT2D eigenvalue weighted by Crippen LogP contribution is -2.49. The number of hydrazine groups is 2. The molecule has 0 saturated carbocycles. The molecule has 120 valence electrons. The highest BCUT2D eigenvalue weighted by atomic mass is 16.6. The Hall–Kier alpha value is -2.90. The number of hydrogen-bond acceptors (Lipinski definition) is 5. The van der Waals surface area contributed by atoms with Gasteiger partial charge in [-0.3, -0.25) is 5.01 Å².